The van der Waals surface area contributed by atoms with Crippen LogP contribution in [0.25, 0.3) is 16.7 Å². The van der Waals surface area contributed by atoms with E-state index in [0.717, 1.165) is 11.1 Å². The maximum Gasteiger partial charge on any atom is 0.267 e. The lowest BCUT2D eigenvalue weighted by molar-refractivity contribution is 0.102. The summed E-state index contributed by atoms with van der Waals surface area (Å²) < 4.78 is 3.71. The van der Waals surface area contributed by atoms with Gasteiger partial charge in [0, 0.05) is 17.0 Å². The predicted molar refractivity (Wildman–Crippen MR) is 162 cm³/mol. The van der Waals surface area contributed by atoms with Gasteiger partial charge in [-0.05, 0) is 42.3 Å². The number of hydrogen-bond acceptors (Lipinski definition) is 8. The van der Waals surface area contributed by atoms with Gasteiger partial charge in [-0.15, -0.1) is 10.2 Å². The maximum atomic E-state index is 13.5. The van der Waals surface area contributed by atoms with Gasteiger partial charge in [0.25, 0.3) is 11.5 Å². The average Bonchev–Trinajstić information content (AvgIpc) is 3.44. The largest absolute Gasteiger partial charge is 0.303 e. The number of amides is 1. The van der Waals surface area contributed by atoms with E-state index in [0.29, 0.717) is 26.4 Å². The number of anilines is 1. The van der Waals surface area contributed by atoms with Crippen molar-refractivity contribution in [3.63, 3.8) is 0 Å². The minimum Gasteiger partial charge on any atom is -0.303 e. The number of fused-ring (bicyclic) bond motifs is 2. The van der Waals surface area contributed by atoms with E-state index in [1.165, 1.54) is 33.6 Å². The highest BCUT2D eigenvalue weighted by Gasteiger charge is 2.22. The molecule has 9 nitrogen and oxygen atoms in total. The molecule has 1 atom stereocenters. The summed E-state index contributed by atoms with van der Waals surface area (Å²) in [6, 6.07) is 23.5. The van der Waals surface area contributed by atoms with Crippen LogP contribution >= 0.6 is 34.7 Å². The van der Waals surface area contributed by atoms with E-state index < -0.39 is 5.91 Å². The first-order valence-electron chi connectivity index (χ1n) is 12.6. The highest BCUT2D eigenvalue weighted by molar-refractivity contribution is 8.00. The molecule has 0 saturated carbocycles. The Morgan fingerprint density at radius 2 is 1.83 bits per heavy atom. The van der Waals surface area contributed by atoms with Crippen molar-refractivity contribution in [2.75, 3.05) is 5.32 Å². The second kappa shape index (κ2) is 11.3. The molecular weight excluding hydrogens is 578 g/mol. The molecular formula is C29H22ClN7O2S2. The molecule has 2 N–H and O–H groups in total. The van der Waals surface area contributed by atoms with Gasteiger partial charge in [-0.1, -0.05) is 89.3 Å². The molecule has 1 unspecified atom stereocenters. The summed E-state index contributed by atoms with van der Waals surface area (Å²) in [5.41, 5.74) is 2.28. The van der Waals surface area contributed by atoms with Gasteiger partial charge < -0.3 is 4.57 Å². The van der Waals surface area contributed by atoms with E-state index in [2.05, 4.69) is 15.5 Å². The Bertz CT molecular complexity index is 2040. The molecule has 6 rings (SSSR count). The van der Waals surface area contributed by atoms with Crippen LogP contribution in [0.2, 0.25) is 5.02 Å². The molecule has 12 heteroatoms. The van der Waals surface area contributed by atoms with Gasteiger partial charge in [-0.25, -0.2) is 4.98 Å². The van der Waals surface area contributed by atoms with E-state index in [1.807, 2.05) is 61.5 Å². The molecule has 0 radical (unpaired) electrons. The van der Waals surface area contributed by atoms with Crippen molar-refractivity contribution in [2.45, 2.75) is 23.1 Å². The Labute approximate surface area is 247 Å². The van der Waals surface area contributed by atoms with E-state index in [-0.39, 0.29) is 33.2 Å². The molecule has 0 fully saturated rings. The van der Waals surface area contributed by atoms with Crippen molar-refractivity contribution in [1.29, 1.82) is 5.41 Å². The number of carbonyl (C=O) groups is 1. The van der Waals surface area contributed by atoms with E-state index in [1.54, 1.807) is 29.0 Å². The summed E-state index contributed by atoms with van der Waals surface area (Å²) >= 11 is 8.94. The SMILES string of the molecule is CC(c1ccccc1)n1c(=N)c(C(=O)Nc2nnc(SCc3ccccc3Cl)s2)cc2c(=O)n3ccccc3nc21. The summed E-state index contributed by atoms with van der Waals surface area (Å²) in [6.45, 7) is 1.91. The monoisotopic (exact) mass is 599 g/mol. The van der Waals surface area contributed by atoms with Gasteiger partial charge in [0.1, 0.15) is 16.8 Å². The first-order chi connectivity index (χ1) is 19.9. The lowest BCUT2D eigenvalue weighted by Crippen LogP contribution is -2.34. The Morgan fingerprint density at radius 1 is 1.07 bits per heavy atom. The number of benzene rings is 2. The van der Waals surface area contributed by atoms with Gasteiger partial charge in [0.05, 0.1) is 17.0 Å². The molecule has 0 aliphatic rings. The Hall–Kier alpha value is -4.32. The quantitative estimate of drug-likeness (QED) is 0.136. The number of thioether (sulfide) groups is 1. The summed E-state index contributed by atoms with van der Waals surface area (Å²) in [4.78, 5) is 31.8. The molecule has 0 aliphatic carbocycles. The van der Waals surface area contributed by atoms with Gasteiger partial charge in [-0.2, -0.15) is 0 Å². The molecule has 2 aromatic carbocycles. The molecule has 41 heavy (non-hydrogen) atoms. The van der Waals surface area contributed by atoms with Crippen molar-refractivity contribution in [3.8, 4) is 0 Å². The molecule has 4 heterocycles. The molecule has 0 spiro atoms. The molecule has 0 aliphatic heterocycles. The third-order valence-corrected chi connectivity index (χ3v) is 9.00. The van der Waals surface area contributed by atoms with E-state index >= 15 is 0 Å². The van der Waals surface area contributed by atoms with Crippen LogP contribution in [0.1, 0.15) is 34.5 Å². The van der Waals surface area contributed by atoms with Gasteiger partial charge in [0.15, 0.2) is 4.34 Å². The summed E-state index contributed by atoms with van der Waals surface area (Å²) in [7, 11) is 0. The van der Waals surface area contributed by atoms with Crippen molar-refractivity contribution in [3.05, 3.63) is 123 Å². The van der Waals surface area contributed by atoms with Crippen molar-refractivity contribution in [1.82, 2.24) is 24.1 Å². The Morgan fingerprint density at radius 3 is 2.63 bits per heavy atom. The number of hydrogen-bond donors (Lipinski definition) is 2. The standard InChI is InChI=1S/C29H22ClN7O2S2/c1-17(18-9-3-2-4-10-18)37-24(31)20(15-21-25(37)32-23-13-7-8-14-36(23)27(21)39)26(38)33-28-34-35-29(41-28)40-16-19-11-5-6-12-22(19)30/h2-15,17,31H,16H2,1H3,(H,33,34,38). The third kappa shape index (κ3) is 5.26. The van der Waals surface area contributed by atoms with Crippen molar-refractivity contribution in [2.24, 2.45) is 0 Å². The summed E-state index contributed by atoms with van der Waals surface area (Å²) in [5.74, 6) is 0.0359. The Kier molecular flexibility index (Phi) is 7.39. The van der Waals surface area contributed by atoms with Crippen LogP contribution in [0.5, 0.6) is 0 Å². The maximum absolute atomic E-state index is 13.5. The Balaban J connectivity index is 1.38. The number of nitrogens with zero attached hydrogens (tertiary/aromatic N) is 5. The van der Waals surface area contributed by atoms with Crippen molar-refractivity contribution >= 4 is 62.4 Å². The van der Waals surface area contributed by atoms with Crippen LogP contribution in [0.4, 0.5) is 5.13 Å². The zero-order valence-corrected chi connectivity index (χ0v) is 24.0. The number of pyridine rings is 2. The minimum atomic E-state index is -0.567. The van der Waals surface area contributed by atoms with E-state index in [9.17, 15) is 9.59 Å². The lowest BCUT2D eigenvalue weighted by Gasteiger charge is -2.20. The molecule has 1 amide bonds. The second-order valence-electron chi connectivity index (χ2n) is 9.15. The number of halogens is 1. The fourth-order valence-corrected chi connectivity index (χ4v) is 6.55. The number of aromatic nitrogens is 5. The van der Waals surface area contributed by atoms with Gasteiger partial charge in [0.2, 0.25) is 5.13 Å². The first kappa shape index (κ1) is 26.9. The highest BCUT2D eigenvalue weighted by Crippen LogP contribution is 2.30. The summed E-state index contributed by atoms with van der Waals surface area (Å²) in [5, 5.41) is 21.3. The van der Waals surface area contributed by atoms with Crippen LogP contribution in [0.15, 0.2) is 94.2 Å². The molecule has 204 valence electrons. The zero-order valence-electron chi connectivity index (χ0n) is 21.6. The number of carbonyl (C=O) groups excluding carboxylic acids is 1. The van der Waals surface area contributed by atoms with E-state index in [4.69, 9.17) is 22.0 Å². The average molecular weight is 600 g/mol. The number of rotatable bonds is 7. The van der Waals surface area contributed by atoms with Crippen LogP contribution in [0.3, 0.4) is 0 Å². The second-order valence-corrected chi connectivity index (χ2v) is 11.8. The smallest absolute Gasteiger partial charge is 0.267 e. The highest BCUT2D eigenvalue weighted by atomic mass is 35.5. The van der Waals surface area contributed by atoms with Gasteiger partial charge in [-0.3, -0.25) is 24.7 Å². The predicted octanol–water partition coefficient (Wildman–Crippen LogP) is 5.79. The fraction of sp³-hybridized carbons (Fsp3) is 0.103. The molecule has 0 saturated heterocycles. The van der Waals surface area contributed by atoms with Crippen LogP contribution in [0, 0.1) is 5.41 Å². The normalized spacial score (nSPS) is 12.0. The minimum absolute atomic E-state index is 0.0236. The van der Waals surface area contributed by atoms with Crippen LogP contribution in [-0.2, 0) is 5.75 Å². The first-order valence-corrected chi connectivity index (χ1v) is 14.8. The van der Waals surface area contributed by atoms with Crippen molar-refractivity contribution < 1.29 is 4.79 Å². The van der Waals surface area contributed by atoms with Crippen LogP contribution < -0.4 is 16.4 Å². The summed E-state index contributed by atoms with van der Waals surface area (Å²) in [6.07, 6.45) is 1.63. The molecule has 4 aromatic heterocycles. The topological polar surface area (TPSA) is 118 Å². The number of nitrogens with one attached hydrogen (secondary N) is 2. The lowest BCUT2D eigenvalue weighted by atomic mass is 10.1. The fourth-order valence-electron chi connectivity index (χ4n) is 4.52. The zero-order chi connectivity index (χ0) is 28.5. The molecule has 0 bridgehead atoms. The van der Waals surface area contributed by atoms with Crippen LogP contribution in [-0.4, -0.2) is 30.1 Å². The van der Waals surface area contributed by atoms with Gasteiger partial charge >= 0.3 is 0 Å². The molecule has 6 aromatic rings. The third-order valence-electron chi connectivity index (χ3n) is 6.61.